The maximum absolute atomic E-state index is 12.9. The van der Waals surface area contributed by atoms with Crippen LogP contribution in [0.5, 0.6) is 0 Å². The van der Waals surface area contributed by atoms with Crippen LogP contribution in [0.4, 0.5) is 4.39 Å². The van der Waals surface area contributed by atoms with Crippen molar-refractivity contribution < 1.29 is 4.39 Å². The van der Waals surface area contributed by atoms with Crippen molar-refractivity contribution in [2.24, 2.45) is 0 Å². The summed E-state index contributed by atoms with van der Waals surface area (Å²) >= 11 is 0. The molecule has 0 fully saturated rings. The Balaban J connectivity index is 2.91. The second kappa shape index (κ2) is 2.27. The number of hydrogen-bond donors (Lipinski definition) is 0. The molecular weight excluding hydrogens is 143 g/mol. The van der Waals surface area contributed by atoms with Crippen LogP contribution in [-0.4, -0.2) is 9.97 Å². The molecule has 0 saturated carbocycles. The third-order valence-electron chi connectivity index (χ3n) is 1.51. The van der Waals surface area contributed by atoms with Crippen molar-refractivity contribution >= 4 is 10.8 Å². The highest BCUT2D eigenvalue weighted by Crippen LogP contribution is 2.13. The zero-order valence-electron chi connectivity index (χ0n) is 5.66. The van der Waals surface area contributed by atoms with Gasteiger partial charge >= 0.3 is 0 Å². The van der Waals surface area contributed by atoms with Crippen LogP contribution >= 0.6 is 0 Å². The fraction of sp³-hybridized carbons (Fsp3) is 0. The van der Waals surface area contributed by atoms with Crippen molar-refractivity contribution in [3.8, 4) is 0 Å². The molecule has 0 aliphatic rings. The summed E-state index contributed by atoms with van der Waals surface area (Å²) in [7, 11) is 0. The summed E-state index contributed by atoms with van der Waals surface area (Å²) in [6.07, 6.45) is 5.94. The van der Waals surface area contributed by atoms with Gasteiger partial charge in [0.2, 0.25) is 0 Å². The number of fused-ring (bicyclic) bond motifs is 1. The summed E-state index contributed by atoms with van der Waals surface area (Å²) in [5, 5.41) is 1.29. The smallest absolute Gasteiger partial charge is 0.149 e. The molecule has 2 rings (SSSR count). The van der Waals surface area contributed by atoms with Crippen LogP contribution in [0.3, 0.4) is 0 Å². The van der Waals surface area contributed by atoms with Gasteiger partial charge in [-0.1, -0.05) is 0 Å². The quantitative estimate of drug-likeness (QED) is 0.569. The summed E-state index contributed by atoms with van der Waals surface area (Å²) in [5.74, 6) is -0.301. The summed E-state index contributed by atoms with van der Waals surface area (Å²) in [4.78, 5) is 7.54. The molecule has 2 aromatic heterocycles. The van der Waals surface area contributed by atoms with E-state index in [4.69, 9.17) is 0 Å². The second-order valence-electron chi connectivity index (χ2n) is 2.22. The third kappa shape index (κ3) is 0.941. The van der Waals surface area contributed by atoms with E-state index in [1.54, 1.807) is 24.7 Å². The van der Waals surface area contributed by atoms with Gasteiger partial charge in [-0.3, -0.25) is 9.97 Å². The van der Waals surface area contributed by atoms with E-state index < -0.39 is 0 Å². The van der Waals surface area contributed by atoms with Gasteiger partial charge in [0.05, 0.1) is 6.20 Å². The van der Waals surface area contributed by atoms with Crippen molar-refractivity contribution in [3.63, 3.8) is 0 Å². The number of hydrogen-bond acceptors (Lipinski definition) is 2. The van der Waals surface area contributed by atoms with Gasteiger partial charge in [-0.25, -0.2) is 4.39 Å². The largest absolute Gasteiger partial charge is 0.264 e. The summed E-state index contributed by atoms with van der Waals surface area (Å²) in [6, 6.07) is 1.63. The highest BCUT2D eigenvalue weighted by molar-refractivity contribution is 5.80. The standard InChI is InChI=1S/C8H5FN2/c9-8-5-11-4-6-3-10-2-1-7(6)8/h1-5H. The zero-order chi connectivity index (χ0) is 7.68. The van der Waals surface area contributed by atoms with Crippen molar-refractivity contribution in [2.75, 3.05) is 0 Å². The van der Waals surface area contributed by atoms with Crippen molar-refractivity contribution in [2.45, 2.75) is 0 Å². The molecule has 0 bridgehead atoms. The number of pyridine rings is 2. The van der Waals surface area contributed by atoms with Gasteiger partial charge in [0, 0.05) is 29.4 Å². The van der Waals surface area contributed by atoms with Gasteiger partial charge in [0.1, 0.15) is 5.82 Å². The predicted octanol–water partition coefficient (Wildman–Crippen LogP) is 1.77. The zero-order valence-corrected chi connectivity index (χ0v) is 5.66. The van der Waals surface area contributed by atoms with Crippen LogP contribution in [0.25, 0.3) is 10.8 Å². The van der Waals surface area contributed by atoms with Gasteiger partial charge in [-0.05, 0) is 6.07 Å². The first-order valence-electron chi connectivity index (χ1n) is 3.21. The molecule has 2 heterocycles. The molecule has 0 aliphatic heterocycles. The maximum atomic E-state index is 12.9. The summed E-state index contributed by atoms with van der Waals surface area (Å²) in [6.45, 7) is 0. The Morgan fingerprint density at radius 2 is 1.91 bits per heavy atom. The van der Waals surface area contributed by atoms with Crippen LogP contribution in [0.1, 0.15) is 0 Å². The minimum absolute atomic E-state index is 0.301. The monoisotopic (exact) mass is 148 g/mol. The van der Waals surface area contributed by atoms with E-state index >= 15 is 0 Å². The number of rotatable bonds is 0. The predicted molar refractivity (Wildman–Crippen MR) is 39.5 cm³/mol. The fourth-order valence-corrected chi connectivity index (χ4v) is 0.980. The number of aromatic nitrogens is 2. The normalized spacial score (nSPS) is 10.3. The first-order chi connectivity index (χ1) is 5.38. The first kappa shape index (κ1) is 6.22. The van der Waals surface area contributed by atoms with Gasteiger partial charge in [-0.2, -0.15) is 0 Å². The Labute approximate surface area is 62.7 Å². The second-order valence-corrected chi connectivity index (χ2v) is 2.22. The van der Waals surface area contributed by atoms with Crippen LogP contribution in [0.2, 0.25) is 0 Å². The van der Waals surface area contributed by atoms with Gasteiger partial charge in [0.25, 0.3) is 0 Å². The first-order valence-corrected chi connectivity index (χ1v) is 3.21. The number of nitrogens with zero attached hydrogens (tertiary/aromatic N) is 2. The van der Waals surface area contributed by atoms with Crippen LogP contribution in [0, 0.1) is 5.82 Å². The van der Waals surface area contributed by atoms with E-state index in [-0.39, 0.29) is 5.82 Å². The van der Waals surface area contributed by atoms with Crippen LogP contribution in [-0.2, 0) is 0 Å². The molecule has 0 spiro atoms. The van der Waals surface area contributed by atoms with Crippen molar-refractivity contribution in [1.29, 1.82) is 0 Å². The lowest BCUT2D eigenvalue weighted by molar-refractivity contribution is 0.634. The molecule has 54 valence electrons. The molecule has 11 heavy (non-hydrogen) atoms. The molecule has 0 N–H and O–H groups in total. The minimum atomic E-state index is -0.301. The minimum Gasteiger partial charge on any atom is -0.264 e. The summed E-state index contributed by atoms with van der Waals surface area (Å²) in [5.41, 5.74) is 0. The van der Waals surface area contributed by atoms with Crippen LogP contribution < -0.4 is 0 Å². The molecule has 2 aromatic rings. The van der Waals surface area contributed by atoms with E-state index in [1.807, 2.05) is 0 Å². The molecule has 0 aliphatic carbocycles. The fourth-order valence-electron chi connectivity index (χ4n) is 0.980. The van der Waals surface area contributed by atoms with E-state index in [2.05, 4.69) is 9.97 Å². The Kier molecular flexibility index (Phi) is 1.28. The molecule has 0 amide bonds. The average Bonchev–Trinajstić information content (AvgIpc) is 2.06. The average molecular weight is 148 g/mol. The Morgan fingerprint density at radius 3 is 2.73 bits per heavy atom. The number of halogens is 1. The van der Waals surface area contributed by atoms with E-state index in [0.29, 0.717) is 5.39 Å². The molecular formula is C8H5FN2. The van der Waals surface area contributed by atoms with Gasteiger partial charge in [0.15, 0.2) is 0 Å². The molecule has 0 unspecified atom stereocenters. The van der Waals surface area contributed by atoms with Crippen molar-refractivity contribution in [1.82, 2.24) is 9.97 Å². The Morgan fingerprint density at radius 1 is 1.09 bits per heavy atom. The third-order valence-corrected chi connectivity index (χ3v) is 1.51. The molecule has 0 radical (unpaired) electrons. The topological polar surface area (TPSA) is 25.8 Å². The van der Waals surface area contributed by atoms with E-state index in [0.717, 1.165) is 5.39 Å². The van der Waals surface area contributed by atoms with E-state index in [1.165, 1.54) is 6.20 Å². The van der Waals surface area contributed by atoms with E-state index in [9.17, 15) is 4.39 Å². The Bertz CT molecular complexity index is 381. The highest BCUT2D eigenvalue weighted by atomic mass is 19.1. The summed E-state index contributed by atoms with van der Waals surface area (Å²) < 4.78 is 12.9. The SMILES string of the molecule is Fc1cncc2cnccc12. The van der Waals surface area contributed by atoms with Crippen LogP contribution in [0.15, 0.2) is 30.9 Å². The lowest BCUT2D eigenvalue weighted by atomic mass is 10.2. The molecule has 2 nitrogen and oxygen atoms in total. The van der Waals surface area contributed by atoms with Gasteiger partial charge in [-0.15, -0.1) is 0 Å². The molecule has 0 aromatic carbocycles. The lowest BCUT2D eigenvalue weighted by Crippen LogP contribution is -1.82. The highest BCUT2D eigenvalue weighted by Gasteiger charge is 1.97. The van der Waals surface area contributed by atoms with Crippen molar-refractivity contribution in [3.05, 3.63) is 36.7 Å². The lowest BCUT2D eigenvalue weighted by Gasteiger charge is -1.94. The maximum Gasteiger partial charge on any atom is 0.149 e. The molecule has 0 saturated heterocycles. The van der Waals surface area contributed by atoms with Gasteiger partial charge < -0.3 is 0 Å². The molecule has 0 atom stereocenters. The Hall–Kier alpha value is -1.51. The molecule has 3 heteroatoms.